The predicted octanol–water partition coefficient (Wildman–Crippen LogP) is 4.23. The third-order valence-electron chi connectivity index (χ3n) is 4.85. The van der Waals surface area contributed by atoms with Gasteiger partial charge in [-0.3, -0.25) is 14.9 Å². The Morgan fingerprint density at radius 2 is 1.73 bits per heavy atom. The average Bonchev–Trinajstić information content (AvgIpc) is 2.78. The van der Waals surface area contributed by atoms with Crippen LogP contribution in [0.1, 0.15) is 53.3 Å². The molecule has 0 aliphatic carbocycles. The first kappa shape index (κ1) is 21.8. The van der Waals surface area contributed by atoms with E-state index in [1.54, 1.807) is 42.5 Å². The summed E-state index contributed by atoms with van der Waals surface area (Å²) in [4.78, 5) is 27.0. The van der Waals surface area contributed by atoms with Gasteiger partial charge < -0.3 is 15.0 Å². The van der Waals surface area contributed by atoms with Gasteiger partial charge in [0.05, 0.1) is 12.2 Å². The van der Waals surface area contributed by atoms with E-state index in [0.717, 1.165) is 32.4 Å². The van der Waals surface area contributed by atoms with Crippen LogP contribution < -0.4 is 15.4 Å². The van der Waals surface area contributed by atoms with E-state index >= 15 is 0 Å². The van der Waals surface area contributed by atoms with Crippen molar-refractivity contribution in [1.82, 2.24) is 10.2 Å². The molecule has 1 fully saturated rings. The molecular weight excluding hydrogens is 398 g/mol. The van der Waals surface area contributed by atoms with E-state index in [1.165, 1.54) is 6.42 Å². The maximum Gasteiger partial charge on any atom is 0.261 e. The maximum absolute atomic E-state index is 12.6. The largest absolute Gasteiger partial charge is 0.493 e. The molecule has 2 N–H and O–H groups in total. The Labute approximate surface area is 182 Å². The zero-order valence-corrected chi connectivity index (χ0v) is 18.0. The molecule has 158 valence electrons. The van der Waals surface area contributed by atoms with Gasteiger partial charge in [-0.2, -0.15) is 0 Å². The Morgan fingerprint density at radius 1 is 1.03 bits per heavy atom. The smallest absolute Gasteiger partial charge is 0.261 e. The zero-order valence-electron chi connectivity index (χ0n) is 17.1. The number of carbonyl (C=O) groups excluding carboxylic acids is 2. The highest BCUT2D eigenvalue weighted by molar-refractivity contribution is 7.80. The standard InChI is InChI=1S/C23H27N3O3S/c1-2-16-29-20-9-5-4-8-19(20)21(27)25-23(30)24-18-12-10-17(11-13-18)22(28)26-14-6-3-7-15-26/h4-5,8-13H,2-3,6-7,14-16H2,1H3,(H2,24,25,27,30). The van der Waals surface area contributed by atoms with Gasteiger partial charge in [0.15, 0.2) is 5.11 Å². The molecule has 3 rings (SSSR count). The van der Waals surface area contributed by atoms with Crippen molar-refractivity contribution in [1.29, 1.82) is 0 Å². The van der Waals surface area contributed by atoms with Crippen LogP contribution >= 0.6 is 12.2 Å². The van der Waals surface area contributed by atoms with Crippen LogP contribution in [-0.4, -0.2) is 41.5 Å². The second-order valence-electron chi connectivity index (χ2n) is 7.18. The van der Waals surface area contributed by atoms with Gasteiger partial charge >= 0.3 is 0 Å². The van der Waals surface area contributed by atoms with Crippen molar-refractivity contribution in [2.45, 2.75) is 32.6 Å². The lowest BCUT2D eigenvalue weighted by atomic mass is 10.1. The summed E-state index contributed by atoms with van der Waals surface area (Å²) in [6.45, 7) is 4.18. The summed E-state index contributed by atoms with van der Waals surface area (Å²) >= 11 is 5.27. The number of likely N-dealkylation sites (tertiary alicyclic amines) is 1. The van der Waals surface area contributed by atoms with Crippen molar-refractivity contribution in [3.05, 3.63) is 59.7 Å². The Hall–Kier alpha value is -2.93. The molecule has 1 aliphatic heterocycles. The van der Waals surface area contributed by atoms with E-state index in [1.807, 2.05) is 17.9 Å². The zero-order chi connectivity index (χ0) is 21.3. The average molecular weight is 426 g/mol. The number of anilines is 1. The topological polar surface area (TPSA) is 70.7 Å². The highest BCUT2D eigenvalue weighted by Crippen LogP contribution is 2.19. The molecule has 0 bridgehead atoms. The van der Waals surface area contributed by atoms with Crippen LogP contribution in [0.4, 0.5) is 5.69 Å². The second kappa shape index (κ2) is 10.7. The number of thiocarbonyl (C=S) groups is 1. The van der Waals surface area contributed by atoms with Gasteiger partial charge in [-0.25, -0.2) is 0 Å². The van der Waals surface area contributed by atoms with E-state index in [0.29, 0.717) is 29.2 Å². The van der Waals surface area contributed by atoms with Crippen LogP contribution in [0.2, 0.25) is 0 Å². The molecule has 6 nitrogen and oxygen atoms in total. The van der Waals surface area contributed by atoms with Crippen LogP contribution in [0.3, 0.4) is 0 Å². The van der Waals surface area contributed by atoms with Crippen molar-refractivity contribution in [3.8, 4) is 5.75 Å². The summed E-state index contributed by atoms with van der Waals surface area (Å²) in [5, 5.41) is 5.84. The van der Waals surface area contributed by atoms with Crippen molar-refractivity contribution < 1.29 is 14.3 Å². The number of piperidine rings is 1. The number of ether oxygens (including phenoxy) is 1. The highest BCUT2D eigenvalue weighted by Gasteiger charge is 2.18. The molecule has 2 amide bonds. The minimum atomic E-state index is -0.337. The molecule has 0 radical (unpaired) electrons. The summed E-state index contributed by atoms with van der Waals surface area (Å²) < 4.78 is 5.63. The summed E-state index contributed by atoms with van der Waals surface area (Å²) in [6.07, 6.45) is 4.16. The van der Waals surface area contributed by atoms with E-state index in [4.69, 9.17) is 17.0 Å². The highest BCUT2D eigenvalue weighted by atomic mass is 32.1. The third-order valence-corrected chi connectivity index (χ3v) is 5.06. The molecule has 2 aromatic carbocycles. The molecule has 0 spiro atoms. The Kier molecular flexibility index (Phi) is 7.79. The van der Waals surface area contributed by atoms with Gasteiger partial charge in [-0.15, -0.1) is 0 Å². The lowest BCUT2D eigenvalue weighted by Gasteiger charge is -2.26. The van der Waals surface area contributed by atoms with Gasteiger partial charge in [-0.05, 0) is 74.3 Å². The van der Waals surface area contributed by atoms with Crippen LogP contribution in [0, 0.1) is 0 Å². The first-order valence-electron chi connectivity index (χ1n) is 10.3. The van der Waals surface area contributed by atoms with E-state index < -0.39 is 0 Å². The van der Waals surface area contributed by atoms with Gasteiger partial charge in [0, 0.05) is 24.3 Å². The number of benzene rings is 2. The van der Waals surface area contributed by atoms with E-state index in [9.17, 15) is 9.59 Å². The number of nitrogens with zero attached hydrogens (tertiary/aromatic N) is 1. The fraction of sp³-hybridized carbons (Fsp3) is 0.348. The van der Waals surface area contributed by atoms with Crippen LogP contribution in [0.25, 0.3) is 0 Å². The number of carbonyl (C=O) groups is 2. The van der Waals surface area contributed by atoms with Crippen LogP contribution in [0.5, 0.6) is 5.75 Å². The minimum absolute atomic E-state index is 0.0563. The Bertz CT molecular complexity index is 893. The molecule has 2 aromatic rings. The lowest BCUT2D eigenvalue weighted by molar-refractivity contribution is 0.0724. The van der Waals surface area contributed by atoms with Crippen molar-refractivity contribution in [2.75, 3.05) is 25.0 Å². The molecule has 1 saturated heterocycles. The van der Waals surface area contributed by atoms with Crippen molar-refractivity contribution >= 4 is 34.8 Å². The van der Waals surface area contributed by atoms with Crippen LogP contribution in [0.15, 0.2) is 48.5 Å². The minimum Gasteiger partial charge on any atom is -0.493 e. The number of rotatable bonds is 6. The van der Waals surface area contributed by atoms with Gasteiger partial charge in [0.2, 0.25) is 0 Å². The molecule has 1 aliphatic rings. The number of hydrogen-bond acceptors (Lipinski definition) is 4. The predicted molar refractivity (Wildman–Crippen MR) is 122 cm³/mol. The normalized spacial score (nSPS) is 13.4. The number of para-hydroxylation sites is 1. The molecular formula is C23H27N3O3S. The Morgan fingerprint density at radius 3 is 2.43 bits per heavy atom. The van der Waals surface area contributed by atoms with Crippen molar-refractivity contribution in [3.63, 3.8) is 0 Å². The lowest BCUT2D eigenvalue weighted by Crippen LogP contribution is -2.35. The molecule has 1 heterocycles. The molecule has 30 heavy (non-hydrogen) atoms. The van der Waals surface area contributed by atoms with Crippen molar-refractivity contribution in [2.24, 2.45) is 0 Å². The van der Waals surface area contributed by atoms with Gasteiger partial charge in [-0.1, -0.05) is 19.1 Å². The summed E-state index contributed by atoms with van der Waals surface area (Å²) in [5.74, 6) is 0.247. The maximum atomic E-state index is 12.6. The van der Waals surface area contributed by atoms with Gasteiger partial charge in [0.25, 0.3) is 11.8 Å². The fourth-order valence-corrected chi connectivity index (χ4v) is 3.51. The molecule has 0 saturated carbocycles. The molecule has 7 heteroatoms. The third kappa shape index (κ3) is 5.79. The molecule has 0 unspecified atom stereocenters. The van der Waals surface area contributed by atoms with E-state index in [-0.39, 0.29) is 16.9 Å². The first-order chi connectivity index (χ1) is 14.6. The molecule has 0 aromatic heterocycles. The monoisotopic (exact) mass is 425 g/mol. The SMILES string of the molecule is CCCOc1ccccc1C(=O)NC(=S)Nc1ccc(C(=O)N2CCCCC2)cc1. The number of hydrogen-bond donors (Lipinski definition) is 2. The molecule has 0 atom stereocenters. The quantitative estimate of drug-likeness (QED) is 0.678. The van der Waals surface area contributed by atoms with E-state index in [2.05, 4.69) is 10.6 Å². The van der Waals surface area contributed by atoms with Crippen LogP contribution in [-0.2, 0) is 0 Å². The van der Waals surface area contributed by atoms with Gasteiger partial charge in [0.1, 0.15) is 5.75 Å². The Balaban J connectivity index is 1.57. The summed E-state index contributed by atoms with van der Waals surface area (Å²) in [5.41, 5.74) is 1.78. The summed E-state index contributed by atoms with van der Waals surface area (Å²) in [6, 6.07) is 14.2. The first-order valence-corrected chi connectivity index (χ1v) is 10.7. The number of nitrogens with one attached hydrogen (secondary N) is 2. The summed E-state index contributed by atoms with van der Waals surface area (Å²) in [7, 11) is 0. The fourth-order valence-electron chi connectivity index (χ4n) is 3.30. The second-order valence-corrected chi connectivity index (χ2v) is 7.59. The number of amides is 2.